The predicted octanol–water partition coefficient (Wildman–Crippen LogP) is 2.06. The molecule has 0 radical (unpaired) electrons. The second-order valence-electron chi connectivity index (χ2n) is 6.54. The lowest BCUT2D eigenvalue weighted by Crippen LogP contribution is -2.35. The highest BCUT2D eigenvalue weighted by molar-refractivity contribution is 5.28. The first-order chi connectivity index (χ1) is 12.2. The van der Waals surface area contributed by atoms with Gasteiger partial charge in [-0.25, -0.2) is 0 Å². The van der Waals surface area contributed by atoms with Gasteiger partial charge in [0.1, 0.15) is 18.5 Å². The summed E-state index contributed by atoms with van der Waals surface area (Å²) in [6.07, 6.45) is 6.04. The van der Waals surface area contributed by atoms with E-state index in [-0.39, 0.29) is 6.61 Å². The van der Waals surface area contributed by atoms with Crippen molar-refractivity contribution in [2.75, 3.05) is 19.7 Å². The lowest BCUT2D eigenvalue weighted by Gasteiger charge is -2.26. The first-order valence-electron chi connectivity index (χ1n) is 8.65. The summed E-state index contributed by atoms with van der Waals surface area (Å²) < 4.78 is 7.50. The van der Waals surface area contributed by atoms with Crippen molar-refractivity contribution in [3.05, 3.63) is 47.8 Å². The van der Waals surface area contributed by atoms with E-state index in [2.05, 4.69) is 22.3 Å². The molecule has 1 aromatic heterocycles. The summed E-state index contributed by atoms with van der Waals surface area (Å²) in [5, 5.41) is 23.3. The van der Waals surface area contributed by atoms with Gasteiger partial charge >= 0.3 is 0 Å². The van der Waals surface area contributed by atoms with Crippen LogP contribution in [-0.4, -0.2) is 45.6 Å². The van der Waals surface area contributed by atoms with Gasteiger partial charge in [0, 0.05) is 31.4 Å². The van der Waals surface area contributed by atoms with Crippen molar-refractivity contribution >= 4 is 0 Å². The SMILES string of the molecule is Cn1cc([C@@H]2CCCN2C[C@H](O)COc2ccc(CC#N)cc2)cn1. The number of ether oxygens (including phenoxy) is 1. The Bertz CT molecular complexity index is 720. The first kappa shape index (κ1) is 17.5. The molecule has 0 spiro atoms. The Morgan fingerprint density at radius 3 is 2.88 bits per heavy atom. The quantitative estimate of drug-likeness (QED) is 0.835. The van der Waals surface area contributed by atoms with Crippen LogP contribution in [0.2, 0.25) is 0 Å². The Labute approximate surface area is 148 Å². The number of β-amino-alcohol motifs (C(OH)–C–C–N with tert-alkyl or cyclic N) is 1. The molecule has 2 atom stereocenters. The number of nitriles is 1. The molecule has 1 aromatic carbocycles. The molecule has 1 fully saturated rings. The lowest BCUT2D eigenvalue weighted by molar-refractivity contribution is 0.0638. The second kappa shape index (κ2) is 8.15. The van der Waals surface area contributed by atoms with Gasteiger partial charge in [-0.2, -0.15) is 10.4 Å². The normalized spacial score (nSPS) is 18.8. The number of nitrogens with zero attached hydrogens (tertiary/aromatic N) is 4. The van der Waals surface area contributed by atoms with Crippen LogP contribution in [0.15, 0.2) is 36.7 Å². The maximum absolute atomic E-state index is 10.3. The maximum atomic E-state index is 10.3. The van der Waals surface area contributed by atoms with E-state index in [4.69, 9.17) is 10.00 Å². The average molecular weight is 340 g/mol. The third kappa shape index (κ3) is 4.59. The molecule has 132 valence electrons. The van der Waals surface area contributed by atoms with Crippen LogP contribution in [0.4, 0.5) is 0 Å². The molecule has 0 aliphatic carbocycles. The highest BCUT2D eigenvalue weighted by atomic mass is 16.5. The van der Waals surface area contributed by atoms with Gasteiger partial charge in [-0.3, -0.25) is 9.58 Å². The van der Waals surface area contributed by atoms with Crippen LogP contribution in [0.1, 0.15) is 30.0 Å². The monoisotopic (exact) mass is 340 g/mol. The summed E-state index contributed by atoms with van der Waals surface area (Å²) in [5.41, 5.74) is 2.17. The number of aromatic nitrogens is 2. The fraction of sp³-hybridized carbons (Fsp3) is 0.474. The Morgan fingerprint density at radius 2 is 2.20 bits per heavy atom. The number of benzene rings is 1. The minimum Gasteiger partial charge on any atom is -0.491 e. The minimum absolute atomic E-state index is 0.258. The van der Waals surface area contributed by atoms with Crippen LogP contribution in [-0.2, 0) is 13.5 Å². The summed E-state index contributed by atoms with van der Waals surface area (Å²) in [5.74, 6) is 0.714. The van der Waals surface area contributed by atoms with E-state index in [1.165, 1.54) is 5.56 Å². The highest BCUT2D eigenvalue weighted by Crippen LogP contribution is 2.31. The van der Waals surface area contributed by atoms with Gasteiger partial charge in [-0.15, -0.1) is 0 Å². The van der Waals surface area contributed by atoms with E-state index < -0.39 is 6.10 Å². The molecule has 2 heterocycles. The van der Waals surface area contributed by atoms with Crippen molar-refractivity contribution in [3.8, 4) is 11.8 Å². The summed E-state index contributed by atoms with van der Waals surface area (Å²) in [6.45, 7) is 1.83. The Hall–Kier alpha value is -2.36. The van der Waals surface area contributed by atoms with Gasteiger partial charge in [0.15, 0.2) is 0 Å². The molecule has 25 heavy (non-hydrogen) atoms. The van der Waals surface area contributed by atoms with E-state index in [0.29, 0.717) is 24.8 Å². The molecule has 0 bridgehead atoms. The molecule has 6 nitrogen and oxygen atoms in total. The summed E-state index contributed by atoms with van der Waals surface area (Å²) in [4.78, 5) is 2.31. The molecular formula is C19H24N4O2. The molecule has 2 aromatic rings. The Morgan fingerprint density at radius 1 is 1.40 bits per heavy atom. The van der Waals surface area contributed by atoms with Gasteiger partial charge in [-0.05, 0) is 37.1 Å². The van der Waals surface area contributed by atoms with Crippen molar-refractivity contribution in [2.45, 2.75) is 31.4 Å². The van der Waals surface area contributed by atoms with E-state index in [1.54, 1.807) is 0 Å². The Kier molecular flexibility index (Phi) is 5.69. The molecule has 1 aliphatic heterocycles. The number of rotatable bonds is 7. The van der Waals surface area contributed by atoms with Crippen molar-refractivity contribution in [3.63, 3.8) is 0 Å². The molecule has 3 rings (SSSR count). The molecule has 0 unspecified atom stereocenters. The zero-order valence-electron chi connectivity index (χ0n) is 14.5. The summed E-state index contributed by atoms with van der Waals surface area (Å²) >= 11 is 0. The van der Waals surface area contributed by atoms with Gasteiger partial charge < -0.3 is 9.84 Å². The van der Waals surface area contributed by atoms with E-state index in [9.17, 15) is 5.11 Å². The molecule has 1 aliphatic rings. The fourth-order valence-electron chi connectivity index (χ4n) is 3.35. The van der Waals surface area contributed by atoms with E-state index in [1.807, 2.05) is 42.2 Å². The van der Waals surface area contributed by atoms with Gasteiger partial charge in [-0.1, -0.05) is 12.1 Å². The number of aryl methyl sites for hydroxylation is 1. The van der Waals surface area contributed by atoms with E-state index in [0.717, 1.165) is 24.9 Å². The standard InChI is InChI=1S/C19H24N4O2/c1-22-12-16(11-21-22)19-3-2-10-23(19)13-17(24)14-25-18-6-4-15(5-7-18)8-9-20/h4-7,11-12,17,19,24H,2-3,8,10,13-14H2,1H3/t17-,19-/m0/s1. The topological polar surface area (TPSA) is 74.3 Å². The summed E-state index contributed by atoms with van der Waals surface area (Å²) in [7, 11) is 1.92. The molecule has 1 N–H and O–H groups in total. The van der Waals surface area contributed by atoms with Crippen LogP contribution in [0, 0.1) is 11.3 Å². The zero-order chi connectivity index (χ0) is 17.6. The number of likely N-dealkylation sites (tertiary alicyclic amines) is 1. The minimum atomic E-state index is -0.545. The van der Waals surface area contributed by atoms with Crippen LogP contribution in [0.3, 0.4) is 0 Å². The molecule has 0 saturated carbocycles. The predicted molar refractivity (Wildman–Crippen MR) is 94.0 cm³/mol. The number of aliphatic hydroxyl groups excluding tert-OH is 1. The van der Waals surface area contributed by atoms with Crippen molar-refractivity contribution in [1.29, 1.82) is 5.26 Å². The average Bonchev–Trinajstić information content (AvgIpc) is 3.23. The Balaban J connectivity index is 1.50. The van der Waals surface area contributed by atoms with Crippen LogP contribution >= 0.6 is 0 Å². The third-order valence-electron chi connectivity index (χ3n) is 4.57. The van der Waals surface area contributed by atoms with E-state index >= 15 is 0 Å². The number of hydrogen-bond acceptors (Lipinski definition) is 5. The van der Waals surface area contributed by atoms with Gasteiger partial charge in [0.2, 0.25) is 0 Å². The maximum Gasteiger partial charge on any atom is 0.119 e. The zero-order valence-corrected chi connectivity index (χ0v) is 14.5. The molecular weight excluding hydrogens is 316 g/mol. The van der Waals surface area contributed by atoms with Gasteiger partial charge in [0.05, 0.1) is 18.7 Å². The van der Waals surface area contributed by atoms with Gasteiger partial charge in [0.25, 0.3) is 0 Å². The fourth-order valence-corrected chi connectivity index (χ4v) is 3.35. The smallest absolute Gasteiger partial charge is 0.119 e. The lowest BCUT2D eigenvalue weighted by atomic mass is 10.1. The number of aliphatic hydroxyl groups is 1. The molecule has 6 heteroatoms. The number of hydrogen-bond donors (Lipinski definition) is 1. The van der Waals surface area contributed by atoms with Crippen molar-refractivity contribution in [2.24, 2.45) is 7.05 Å². The van der Waals surface area contributed by atoms with Crippen LogP contribution in [0.5, 0.6) is 5.75 Å². The summed E-state index contributed by atoms with van der Waals surface area (Å²) in [6, 6.07) is 9.89. The third-order valence-corrected chi connectivity index (χ3v) is 4.57. The molecule has 1 saturated heterocycles. The largest absolute Gasteiger partial charge is 0.491 e. The second-order valence-corrected chi connectivity index (χ2v) is 6.54. The van der Waals surface area contributed by atoms with Crippen molar-refractivity contribution < 1.29 is 9.84 Å². The van der Waals surface area contributed by atoms with Crippen LogP contribution in [0.25, 0.3) is 0 Å². The first-order valence-corrected chi connectivity index (χ1v) is 8.65. The van der Waals surface area contributed by atoms with Crippen LogP contribution < -0.4 is 4.74 Å². The molecule has 0 amide bonds. The van der Waals surface area contributed by atoms with Crippen molar-refractivity contribution in [1.82, 2.24) is 14.7 Å². The highest BCUT2D eigenvalue weighted by Gasteiger charge is 2.28.